The van der Waals surface area contributed by atoms with Gasteiger partial charge in [-0.3, -0.25) is 4.79 Å². The Labute approximate surface area is 67.5 Å². The fourth-order valence-electron chi connectivity index (χ4n) is 1.24. The van der Waals surface area contributed by atoms with Gasteiger partial charge in [-0.1, -0.05) is 6.92 Å². The van der Waals surface area contributed by atoms with Gasteiger partial charge in [0.25, 0.3) is 0 Å². The van der Waals surface area contributed by atoms with Gasteiger partial charge in [0.15, 0.2) is 0 Å². The fraction of sp³-hybridized carbons (Fsp3) is 0.875. The van der Waals surface area contributed by atoms with E-state index in [1.165, 1.54) is 0 Å². The summed E-state index contributed by atoms with van der Waals surface area (Å²) in [5.74, 6) is 0.172. The minimum Gasteiger partial charge on any atom is -0.354 e. The van der Waals surface area contributed by atoms with Crippen LogP contribution in [0.3, 0.4) is 0 Å². The average Bonchev–Trinajstić information content (AvgIpc) is 2.35. The maximum atomic E-state index is 10.8. The van der Waals surface area contributed by atoms with Crippen molar-refractivity contribution in [1.29, 1.82) is 0 Å². The van der Waals surface area contributed by atoms with Crippen LogP contribution < -0.4 is 10.6 Å². The normalized spacial score (nSPS) is 26.7. The van der Waals surface area contributed by atoms with Crippen molar-refractivity contribution in [2.75, 3.05) is 6.54 Å². The molecule has 1 rings (SSSR count). The highest BCUT2D eigenvalue weighted by Gasteiger charge is 2.21. The summed E-state index contributed by atoms with van der Waals surface area (Å²) in [5, 5.41) is 6.17. The summed E-state index contributed by atoms with van der Waals surface area (Å²) in [4.78, 5) is 10.8. The third-order valence-electron chi connectivity index (χ3n) is 2.11. The second-order valence-corrected chi connectivity index (χ2v) is 3.18. The summed E-state index contributed by atoms with van der Waals surface area (Å²) in [6.07, 6.45) is 1.76. The lowest BCUT2D eigenvalue weighted by molar-refractivity contribution is -0.119. The van der Waals surface area contributed by atoms with Gasteiger partial charge in [0, 0.05) is 25.0 Å². The van der Waals surface area contributed by atoms with Crippen LogP contribution in [0.15, 0.2) is 0 Å². The maximum absolute atomic E-state index is 10.8. The number of hydrogen-bond acceptors (Lipinski definition) is 2. The Balaban J connectivity index is 2.22. The van der Waals surface area contributed by atoms with Gasteiger partial charge in [-0.2, -0.15) is 0 Å². The van der Waals surface area contributed by atoms with Crippen molar-refractivity contribution in [2.24, 2.45) is 0 Å². The first-order valence-electron chi connectivity index (χ1n) is 4.25. The zero-order chi connectivity index (χ0) is 8.27. The number of amides is 1. The van der Waals surface area contributed by atoms with Crippen LogP contribution >= 0.6 is 0 Å². The van der Waals surface area contributed by atoms with Crippen molar-refractivity contribution in [2.45, 2.75) is 38.8 Å². The molecular weight excluding hydrogens is 140 g/mol. The zero-order valence-electron chi connectivity index (χ0n) is 7.18. The molecule has 2 atom stereocenters. The van der Waals surface area contributed by atoms with Gasteiger partial charge in [0.05, 0.1) is 0 Å². The lowest BCUT2D eigenvalue weighted by atomic mass is 10.2. The van der Waals surface area contributed by atoms with Crippen molar-refractivity contribution in [3.63, 3.8) is 0 Å². The van der Waals surface area contributed by atoms with Gasteiger partial charge < -0.3 is 10.6 Å². The molecule has 3 heteroatoms. The molecule has 0 radical (unpaired) electrons. The van der Waals surface area contributed by atoms with Crippen LogP contribution in [0.4, 0.5) is 0 Å². The summed E-state index contributed by atoms with van der Waals surface area (Å²) in [7, 11) is 0. The minimum absolute atomic E-state index is 0.172. The van der Waals surface area contributed by atoms with E-state index in [4.69, 9.17) is 0 Å². The highest BCUT2D eigenvalue weighted by atomic mass is 16.1. The average molecular weight is 156 g/mol. The van der Waals surface area contributed by atoms with Crippen LogP contribution in [-0.4, -0.2) is 24.5 Å². The second-order valence-electron chi connectivity index (χ2n) is 3.18. The van der Waals surface area contributed by atoms with E-state index in [0.29, 0.717) is 18.5 Å². The van der Waals surface area contributed by atoms with Gasteiger partial charge in [-0.15, -0.1) is 0 Å². The van der Waals surface area contributed by atoms with Gasteiger partial charge >= 0.3 is 0 Å². The molecule has 2 unspecified atom stereocenters. The van der Waals surface area contributed by atoms with Gasteiger partial charge in [-0.25, -0.2) is 0 Å². The van der Waals surface area contributed by atoms with Gasteiger partial charge in [-0.05, 0) is 13.3 Å². The predicted molar refractivity (Wildman–Crippen MR) is 44.3 cm³/mol. The summed E-state index contributed by atoms with van der Waals surface area (Å²) < 4.78 is 0. The molecule has 0 bridgehead atoms. The molecule has 0 aromatic heterocycles. The summed E-state index contributed by atoms with van der Waals surface area (Å²) in [6.45, 7) is 5.08. The van der Waals surface area contributed by atoms with Crippen molar-refractivity contribution in [3.8, 4) is 0 Å². The van der Waals surface area contributed by atoms with Crippen molar-refractivity contribution < 1.29 is 4.79 Å². The molecule has 1 saturated heterocycles. The maximum Gasteiger partial charge on any atom is 0.221 e. The highest BCUT2D eigenvalue weighted by Crippen LogP contribution is 2.01. The summed E-state index contributed by atoms with van der Waals surface area (Å²) in [6, 6.07) is 0.880. The van der Waals surface area contributed by atoms with E-state index in [1.54, 1.807) is 0 Å². The summed E-state index contributed by atoms with van der Waals surface area (Å²) in [5.41, 5.74) is 0. The van der Waals surface area contributed by atoms with E-state index < -0.39 is 0 Å². The Morgan fingerprint density at radius 3 is 3.00 bits per heavy atom. The van der Waals surface area contributed by atoms with Gasteiger partial charge in [0.2, 0.25) is 5.91 Å². The number of rotatable bonds is 3. The summed E-state index contributed by atoms with van der Waals surface area (Å²) >= 11 is 0. The molecule has 1 aliphatic heterocycles. The van der Waals surface area contributed by atoms with Crippen LogP contribution in [0.5, 0.6) is 0 Å². The lowest BCUT2D eigenvalue weighted by Gasteiger charge is -2.15. The standard InChI is InChI=1S/C8H16N2O/c1-3-6(2)10-7-4-8(11)9-5-7/h6-7,10H,3-5H2,1-2H3,(H,9,11). The lowest BCUT2D eigenvalue weighted by Crippen LogP contribution is -2.37. The first kappa shape index (κ1) is 8.53. The number of carbonyl (C=O) groups excluding carboxylic acids is 1. The molecule has 1 fully saturated rings. The van der Waals surface area contributed by atoms with Crippen molar-refractivity contribution >= 4 is 5.91 Å². The Kier molecular flexibility index (Phi) is 2.88. The number of hydrogen-bond donors (Lipinski definition) is 2. The van der Waals surface area contributed by atoms with E-state index in [0.717, 1.165) is 13.0 Å². The smallest absolute Gasteiger partial charge is 0.221 e. The molecule has 0 saturated carbocycles. The number of nitrogens with one attached hydrogen (secondary N) is 2. The molecular formula is C8H16N2O. The fourth-order valence-corrected chi connectivity index (χ4v) is 1.24. The van der Waals surface area contributed by atoms with Crippen LogP contribution in [0.2, 0.25) is 0 Å². The first-order valence-corrected chi connectivity index (χ1v) is 4.25. The topological polar surface area (TPSA) is 41.1 Å². The molecule has 11 heavy (non-hydrogen) atoms. The molecule has 0 aliphatic carbocycles. The van der Waals surface area contributed by atoms with E-state index in [-0.39, 0.29) is 5.91 Å². The molecule has 1 heterocycles. The zero-order valence-corrected chi connectivity index (χ0v) is 7.18. The molecule has 0 aromatic rings. The molecule has 1 amide bonds. The predicted octanol–water partition coefficient (Wildman–Crippen LogP) is 0.263. The van der Waals surface area contributed by atoms with E-state index in [1.807, 2.05) is 0 Å². The van der Waals surface area contributed by atoms with Crippen molar-refractivity contribution in [1.82, 2.24) is 10.6 Å². The highest BCUT2D eigenvalue weighted by molar-refractivity contribution is 5.78. The monoisotopic (exact) mass is 156 g/mol. The van der Waals surface area contributed by atoms with Gasteiger partial charge in [0.1, 0.15) is 0 Å². The first-order chi connectivity index (χ1) is 5.22. The Hall–Kier alpha value is -0.570. The third-order valence-corrected chi connectivity index (χ3v) is 2.11. The minimum atomic E-state index is 0.172. The van der Waals surface area contributed by atoms with E-state index in [2.05, 4.69) is 24.5 Å². The molecule has 0 spiro atoms. The largest absolute Gasteiger partial charge is 0.354 e. The van der Waals surface area contributed by atoms with Crippen molar-refractivity contribution in [3.05, 3.63) is 0 Å². The Morgan fingerprint density at radius 2 is 2.55 bits per heavy atom. The van der Waals surface area contributed by atoms with Crippen LogP contribution in [0.25, 0.3) is 0 Å². The number of carbonyl (C=O) groups is 1. The van der Waals surface area contributed by atoms with Crippen LogP contribution in [-0.2, 0) is 4.79 Å². The molecule has 0 aromatic carbocycles. The SMILES string of the molecule is CCC(C)NC1CNC(=O)C1. The molecule has 3 nitrogen and oxygen atoms in total. The van der Waals surface area contributed by atoms with Crippen LogP contribution in [0, 0.1) is 0 Å². The van der Waals surface area contributed by atoms with E-state index in [9.17, 15) is 4.79 Å². The Bertz CT molecular complexity index is 147. The quantitative estimate of drug-likeness (QED) is 0.615. The molecule has 2 N–H and O–H groups in total. The Morgan fingerprint density at radius 1 is 1.82 bits per heavy atom. The molecule has 1 aliphatic rings. The van der Waals surface area contributed by atoms with E-state index >= 15 is 0 Å². The second kappa shape index (κ2) is 3.72. The third kappa shape index (κ3) is 2.50. The molecule has 64 valence electrons. The van der Waals surface area contributed by atoms with Crippen LogP contribution in [0.1, 0.15) is 26.7 Å².